The second kappa shape index (κ2) is 4.68. The Hall–Kier alpha value is -0.660. The van der Waals surface area contributed by atoms with E-state index in [0.29, 0.717) is 17.5 Å². The molecule has 2 atom stereocenters. The van der Waals surface area contributed by atoms with Crippen molar-refractivity contribution in [3.63, 3.8) is 0 Å². The van der Waals surface area contributed by atoms with E-state index in [1.807, 2.05) is 0 Å². The molecule has 2 unspecified atom stereocenters. The fourth-order valence-electron chi connectivity index (χ4n) is 3.63. The Bertz CT molecular complexity index is 267. The molecule has 0 heterocycles. The van der Waals surface area contributed by atoms with Gasteiger partial charge in [0.15, 0.2) is 0 Å². The van der Waals surface area contributed by atoms with Gasteiger partial charge in [-0.15, -0.1) is 0 Å². The van der Waals surface area contributed by atoms with E-state index in [9.17, 15) is 9.59 Å². The predicted octanol–water partition coefficient (Wildman–Crippen LogP) is 3.00. The minimum absolute atomic E-state index is 0.284. The molecule has 0 aromatic heterocycles. The molecule has 2 fully saturated rings. The monoisotopic (exact) mass is 222 g/mol. The van der Waals surface area contributed by atoms with Gasteiger partial charge in [0.25, 0.3) is 0 Å². The van der Waals surface area contributed by atoms with Crippen LogP contribution in [0.5, 0.6) is 0 Å². The summed E-state index contributed by atoms with van der Waals surface area (Å²) in [6, 6.07) is 0. The standard InChI is InChI=1S/C14H22O2/c1-9(15)12-5-3-11-4-6-13(10(2)16)8-14(11)7-12/h11-14H,3-8H2,1-2H3. The third kappa shape index (κ3) is 2.36. The molecular formula is C14H22O2. The van der Waals surface area contributed by atoms with Gasteiger partial charge in [0.05, 0.1) is 0 Å². The molecule has 0 amide bonds. The molecule has 2 nitrogen and oxygen atoms in total. The topological polar surface area (TPSA) is 34.1 Å². The third-order valence-corrected chi connectivity index (χ3v) is 4.76. The summed E-state index contributed by atoms with van der Waals surface area (Å²) in [5, 5.41) is 0. The molecule has 2 saturated carbocycles. The van der Waals surface area contributed by atoms with Crippen molar-refractivity contribution in [3.8, 4) is 0 Å². The normalized spacial score (nSPS) is 38.9. The van der Waals surface area contributed by atoms with Crippen LogP contribution < -0.4 is 0 Å². The third-order valence-electron chi connectivity index (χ3n) is 4.76. The molecule has 16 heavy (non-hydrogen) atoms. The van der Waals surface area contributed by atoms with Gasteiger partial charge in [-0.2, -0.15) is 0 Å². The zero-order chi connectivity index (χ0) is 11.7. The lowest BCUT2D eigenvalue weighted by molar-refractivity contribution is -0.124. The lowest BCUT2D eigenvalue weighted by Crippen LogP contribution is -2.34. The first-order valence-electron chi connectivity index (χ1n) is 6.58. The minimum atomic E-state index is 0.284. The van der Waals surface area contributed by atoms with Gasteiger partial charge >= 0.3 is 0 Å². The van der Waals surface area contributed by atoms with Crippen molar-refractivity contribution >= 4 is 11.6 Å². The molecule has 0 saturated heterocycles. The van der Waals surface area contributed by atoms with Gasteiger partial charge < -0.3 is 0 Å². The fraction of sp³-hybridized carbons (Fsp3) is 0.857. The molecule has 2 aliphatic rings. The average molecular weight is 222 g/mol. The van der Waals surface area contributed by atoms with E-state index in [1.54, 1.807) is 13.8 Å². The summed E-state index contributed by atoms with van der Waals surface area (Å²) < 4.78 is 0. The van der Waals surface area contributed by atoms with Crippen molar-refractivity contribution in [2.45, 2.75) is 52.4 Å². The van der Waals surface area contributed by atoms with Crippen LogP contribution in [0.2, 0.25) is 0 Å². The number of fused-ring (bicyclic) bond motifs is 1. The molecule has 90 valence electrons. The Balaban J connectivity index is 1.98. The quantitative estimate of drug-likeness (QED) is 0.719. The number of ketones is 2. The van der Waals surface area contributed by atoms with E-state index in [4.69, 9.17) is 0 Å². The van der Waals surface area contributed by atoms with Crippen LogP contribution in [0.4, 0.5) is 0 Å². The first-order valence-corrected chi connectivity index (χ1v) is 6.58. The van der Waals surface area contributed by atoms with Crippen molar-refractivity contribution < 1.29 is 9.59 Å². The summed E-state index contributed by atoms with van der Waals surface area (Å²) in [5.41, 5.74) is 0. The van der Waals surface area contributed by atoms with E-state index in [-0.39, 0.29) is 11.8 Å². The van der Waals surface area contributed by atoms with Gasteiger partial charge in [0.2, 0.25) is 0 Å². The molecule has 2 heteroatoms. The Kier molecular flexibility index (Phi) is 3.46. The molecule has 0 bridgehead atoms. The Morgan fingerprint density at radius 3 is 1.56 bits per heavy atom. The minimum Gasteiger partial charge on any atom is -0.300 e. The maximum Gasteiger partial charge on any atom is 0.132 e. The van der Waals surface area contributed by atoms with E-state index >= 15 is 0 Å². The van der Waals surface area contributed by atoms with Crippen LogP contribution in [0, 0.1) is 23.7 Å². The van der Waals surface area contributed by atoms with Crippen molar-refractivity contribution in [1.82, 2.24) is 0 Å². The Morgan fingerprint density at radius 2 is 1.19 bits per heavy atom. The van der Waals surface area contributed by atoms with Gasteiger partial charge in [-0.3, -0.25) is 9.59 Å². The molecule has 0 aliphatic heterocycles. The second-order valence-electron chi connectivity index (χ2n) is 5.76. The molecule has 0 spiro atoms. The maximum absolute atomic E-state index is 11.4. The van der Waals surface area contributed by atoms with E-state index in [0.717, 1.165) is 31.6 Å². The first-order chi connectivity index (χ1) is 7.58. The smallest absolute Gasteiger partial charge is 0.132 e. The Labute approximate surface area is 97.8 Å². The average Bonchev–Trinajstić information content (AvgIpc) is 2.27. The Morgan fingerprint density at radius 1 is 0.750 bits per heavy atom. The van der Waals surface area contributed by atoms with E-state index in [1.165, 1.54) is 12.8 Å². The molecule has 0 N–H and O–H groups in total. The summed E-state index contributed by atoms with van der Waals surface area (Å²) in [5.74, 6) is 2.71. The van der Waals surface area contributed by atoms with Crippen LogP contribution >= 0.6 is 0 Å². The van der Waals surface area contributed by atoms with Crippen LogP contribution in [0.25, 0.3) is 0 Å². The van der Waals surface area contributed by atoms with Crippen LogP contribution in [0.15, 0.2) is 0 Å². The number of hydrogen-bond acceptors (Lipinski definition) is 2. The van der Waals surface area contributed by atoms with Crippen molar-refractivity contribution in [3.05, 3.63) is 0 Å². The number of carbonyl (C=O) groups is 2. The summed E-state index contributed by atoms with van der Waals surface area (Å²) in [4.78, 5) is 22.8. The lowest BCUT2D eigenvalue weighted by Gasteiger charge is -2.41. The van der Waals surface area contributed by atoms with Crippen molar-refractivity contribution in [2.75, 3.05) is 0 Å². The van der Waals surface area contributed by atoms with Gasteiger partial charge in [0, 0.05) is 11.8 Å². The zero-order valence-electron chi connectivity index (χ0n) is 10.4. The van der Waals surface area contributed by atoms with Gasteiger partial charge in [-0.05, 0) is 64.2 Å². The van der Waals surface area contributed by atoms with Gasteiger partial charge in [-0.25, -0.2) is 0 Å². The van der Waals surface area contributed by atoms with Crippen molar-refractivity contribution in [1.29, 1.82) is 0 Å². The van der Waals surface area contributed by atoms with Gasteiger partial charge in [0.1, 0.15) is 11.6 Å². The van der Waals surface area contributed by atoms with Crippen LogP contribution in [0.3, 0.4) is 0 Å². The van der Waals surface area contributed by atoms with Gasteiger partial charge in [-0.1, -0.05) is 0 Å². The summed E-state index contributed by atoms with van der Waals surface area (Å²) in [7, 11) is 0. The number of hydrogen-bond donors (Lipinski definition) is 0. The summed E-state index contributed by atoms with van der Waals surface area (Å²) >= 11 is 0. The molecule has 0 aromatic rings. The van der Waals surface area contributed by atoms with Crippen molar-refractivity contribution in [2.24, 2.45) is 23.7 Å². The number of carbonyl (C=O) groups excluding carboxylic acids is 2. The highest BCUT2D eigenvalue weighted by Crippen LogP contribution is 2.44. The number of rotatable bonds is 2. The van der Waals surface area contributed by atoms with Crippen LogP contribution in [-0.2, 0) is 9.59 Å². The zero-order valence-corrected chi connectivity index (χ0v) is 10.4. The second-order valence-corrected chi connectivity index (χ2v) is 5.76. The highest BCUT2D eigenvalue weighted by molar-refractivity contribution is 5.79. The highest BCUT2D eigenvalue weighted by Gasteiger charge is 2.37. The summed E-state index contributed by atoms with van der Waals surface area (Å²) in [6.07, 6.45) is 6.68. The molecular weight excluding hydrogens is 200 g/mol. The molecule has 0 radical (unpaired) electrons. The largest absolute Gasteiger partial charge is 0.300 e. The fourth-order valence-corrected chi connectivity index (χ4v) is 3.63. The molecule has 2 rings (SSSR count). The molecule has 2 aliphatic carbocycles. The predicted molar refractivity (Wildman–Crippen MR) is 63.0 cm³/mol. The van der Waals surface area contributed by atoms with Crippen LogP contribution in [-0.4, -0.2) is 11.6 Å². The maximum atomic E-state index is 11.4. The highest BCUT2D eigenvalue weighted by atomic mass is 16.1. The SMILES string of the molecule is CC(=O)C1CCC2CCC(C(C)=O)CC2C1. The summed E-state index contributed by atoms with van der Waals surface area (Å²) in [6.45, 7) is 3.44. The van der Waals surface area contributed by atoms with E-state index in [2.05, 4.69) is 0 Å². The molecule has 0 aromatic carbocycles. The van der Waals surface area contributed by atoms with E-state index < -0.39 is 0 Å². The van der Waals surface area contributed by atoms with Crippen LogP contribution in [0.1, 0.15) is 52.4 Å². The lowest BCUT2D eigenvalue weighted by atomic mass is 9.64. The first kappa shape index (κ1) is 11.8. The number of Topliss-reactive ketones (excluding diaryl/α,β-unsaturated/α-hetero) is 2.